The third-order valence-electron chi connectivity index (χ3n) is 4.14. The second kappa shape index (κ2) is 7.26. The van der Waals surface area contributed by atoms with E-state index in [0.717, 1.165) is 16.7 Å². The van der Waals surface area contributed by atoms with E-state index in [0.29, 0.717) is 11.5 Å². The molecule has 134 valence electrons. The van der Waals surface area contributed by atoms with Gasteiger partial charge in [0.25, 0.3) is 5.91 Å². The molecule has 7 nitrogen and oxygen atoms in total. The third-order valence-corrected chi connectivity index (χ3v) is 4.14. The molecular weight excluding hydrogens is 332 g/mol. The Morgan fingerprint density at radius 1 is 1.19 bits per heavy atom. The molecule has 0 bridgehead atoms. The number of aryl methyl sites for hydroxylation is 1. The van der Waals surface area contributed by atoms with E-state index in [2.05, 4.69) is 15.6 Å². The second-order valence-electron chi connectivity index (χ2n) is 5.91. The lowest BCUT2D eigenvalue weighted by Crippen LogP contribution is -2.42. The molecule has 2 heterocycles. The average Bonchev–Trinajstić information content (AvgIpc) is 2.98. The molecule has 0 aliphatic heterocycles. The summed E-state index contributed by atoms with van der Waals surface area (Å²) in [6.07, 6.45) is 1.59. The maximum atomic E-state index is 12.6. The van der Waals surface area contributed by atoms with Crippen molar-refractivity contribution in [3.63, 3.8) is 0 Å². The summed E-state index contributed by atoms with van der Waals surface area (Å²) in [5.74, 6) is 0.497. The number of methoxy groups -OCH3 is 1. The van der Waals surface area contributed by atoms with Crippen molar-refractivity contribution in [1.82, 2.24) is 14.9 Å². The van der Waals surface area contributed by atoms with Crippen LogP contribution in [0.1, 0.15) is 17.4 Å². The van der Waals surface area contributed by atoms with Gasteiger partial charge in [-0.15, -0.1) is 0 Å². The number of pyridine rings is 1. The van der Waals surface area contributed by atoms with E-state index in [4.69, 9.17) is 4.74 Å². The molecule has 26 heavy (non-hydrogen) atoms. The minimum atomic E-state index is -0.711. The Hall–Kier alpha value is -3.35. The van der Waals surface area contributed by atoms with Crippen LogP contribution in [0.2, 0.25) is 0 Å². The van der Waals surface area contributed by atoms with E-state index < -0.39 is 6.04 Å². The zero-order chi connectivity index (χ0) is 18.7. The minimum Gasteiger partial charge on any atom is -0.497 e. The van der Waals surface area contributed by atoms with Gasteiger partial charge in [0.1, 0.15) is 23.3 Å². The summed E-state index contributed by atoms with van der Waals surface area (Å²) < 4.78 is 7.00. The van der Waals surface area contributed by atoms with Crippen molar-refractivity contribution in [3.8, 4) is 5.75 Å². The number of hydrogen-bond acceptors (Lipinski definition) is 4. The van der Waals surface area contributed by atoms with Gasteiger partial charge in [0, 0.05) is 24.1 Å². The van der Waals surface area contributed by atoms with E-state index in [9.17, 15) is 9.59 Å². The molecule has 1 unspecified atom stereocenters. The molecule has 1 atom stereocenters. The van der Waals surface area contributed by atoms with E-state index >= 15 is 0 Å². The Morgan fingerprint density at radius 3 is 2.69 bits per heavy atom. The molecule has 0 fully saturated rings. The van der Waals surface area contributed by atoms with Gasteiger partial charge in [-0.05, 0) is 43.3 Å². The van der Waals surface area contributed by atoms with Crippen LogP contribution in [0.25, 0.3) is 10.9 Å². The third kappa shape index (κ3) is 3.51. The monoisotopic (exact) mass is 352 g/mol. The standard InChI is InChI=1S/C19H20N4O3/c1-12(18(24)22-17-6-4-5-9-20-17)21-19(25)16-11-13-10-14(26-3)7-8-15(13)23(16)2/h4-12H,1-3H3,(H,21,25)(H,20,22,24). The van der Waals surface area contributed by atoms with Gasteiger partial charge in [-0.2, -0.15) is 0 Å². The summed E-state index contributed by atoms with van der Waals surface area (Å²) in [5.41, 5.74) is 1.37. The van der Waals surface area contributed by atoms with Gasteiger partial charge in [0.15, 0.2) is 0 Å². The van der Waals surface area contributed by atoms with Gasteiger partial charge in [-0.3, -0.25) is 9.59 Å². The first-order valence-corrected chi connectivity index (χ1v) is 8.16. The molecule has 2 aromatic heterocycles. The number of carbonyl (C=O) groups is 2. The molecule has 0 spiro atoms. The van der Waals surface area contributed by atoms with Crippen molar-refractivity contribution in [2.75, 3.05) is 12.4 Å². The minimum absolute atomic E-state index is 0.327. The topological polar surface area (TPSA) is 85.2 Å². The lowest BCUT2D eigenvalue weighted by atomic mass is 10.2. The number of benzene rings is 1. The van der Waals surface area contributed by atoms with Gasteiger partial charge >= 0.3 is 0 Å². The van der Waals surface area contributed by atoms with Gasteiger partial charge < -0.3 is 19.9 Å². The predicted octanol–water partition coefficient (Wildman–Crippen LogP) is 2.34. The quantitative estimate of drug-likeness (QED) is 0.738. The van der Waals surface area contributed by atoms with E-state index in [1.807, 2.05) is 25.2 Å². The maximum absolute atomic E-state index is 12.6. The molecule has 7 heteroatoms. The Bertz CT molecular complexity index is 950. The summed E-state index contributed by atoms with van der Waals surface area (Å²) in [6.45, 7) is 1.63. The van der Waals surface area contributed by atoms with Gasteiger partial charge in [0.05, 0.1) is 7.11 Å². The van der Waals surface area contributed by atoms with Crippen molar-refractivity contribution < 1.29 is 14.3 Å². The van der Waals surface area contributed by atoms with Gasteiger partial charge in [-0.1, -0.05) is 6.07 Å². The Morgan fingerprint density at radius 2 is 2.00 bits per heavy atom. The number of rotatable bonds is 5. The SMILES string of the molecule is COc1ccc2c(c1)cc(C(=O)NC(C)C(=O)Nc1ccccn1)n2C. The van der Waals surface area contributed by atoms with Crippen molar-refractivity contribution in [1.29, 1.82) is 0 Å². The summed E-state index contributed by atoms with van der Waals surface area (Å²) in [7, 11) is 3.40. The molecular formula is C19H20N4O3. The zero-order valence-corrected chi connectivity index (χ0v) is 14.8. The lowest BCUT2D eigenvalue weighted by Gasteiger charge is -2.14. The summed E-state index contributed by atoms with van der Waals surface area (Å²) in [5, 5.41) is 6.27. The van der Waals surface area contributed by atoms with E-state index in [1.54, 1.807) is 49.1 Å². The van der Waals surface area contributed by atoms with Crippen molar-refractivity contribution in [3.05, 3.63) is 54.4 Å². The van der Waals surface area contributed by atoms with Crippen LogP contribution in [-0.4, -0.2) is 34.5 Å². The fourth-order valence-electron chi connectivity index (χ4n) is 2.68. The fraction of sp³-hybridized carbons (Fsp3) is 0.211. The highest BCUT2D eigenvalue weighted by Gasteiger charge is 2.20. The second-order valence-corrected chi connectivity index (χ2v) is 5.91. The smallest absolute Gasteiger partial charge is 0.268 e. The molecule has 0 aliphatic rings. The maximum Gasteiger partial charge on any atom is 0.268 e. The average molecular weight is 352 g/mol. The molecule has 0 saturated heterocycles. The van der Waals surface area contributed by atoms with Crippen LogP contribution >= 0.6 is 0 Å². The van der Waals surface area contributed by atoms with Crippen molar-refractivity contribution in [2.45, 2.75) is 13.0 Å². The molecule has 2 amide bonds. The molecule has 3 aromatic rings. The Labute approximate surface area is 151 Å². The first kappa shape index (κ1) is 17.5. The first-order valence-electron chi connectivity index (χ1n) is 8.16. The highest BCUT2D eigenvalue weighted by Crippen LogP contribution is 2.23. The molecule has 0 aliphatic carbocycles. The van der Waals surface area contributed by atoms with Crippen LogP contribution in [0.4, 0.5) is 5.82 Å². The number of amides is 2. The number of ether oxygens (including phenoxy) is 1. The van der Waals surface area contributed by atoms with Crippen LogP contribution in [-0.2, 0) is 11.8 Å². The summed E-state index contributed by atoms with van der Waals surface area (Å²) >= 11 is 0. The van der Waals surface area contributed by atoms with Crippen molar-refractivity contribution >= 4 is 28.5 Å². The Balaban J connectivity index is 1.74. The van der Waals surface area contributed by atoms with Gasteiger partial charge in [-0.25, -0.2) is 4.98 Å². The highest BCUT2D eigenvalue weighted by atomic mass is 16.5. The van der Waals surface area contributed by atoms with Crippen LogP contribution in [0.3, 0.4) is 0 Å². The molecule has 1 aromatic carbocycles. The molecule has 2 N–H and O–H groups in total. The molecule has 3 rings (SSSR count). The summed E-state index contributed by atoms with van der Waals surface area (Å²) in [4.78, 5) is 28.9. The molecule has 0 saturated carbocycles. The number of nitrogens with zero attached hydrogens (tertiary/aromatic N) is 2. The van der Waals surface area contributed by atoms with Crippen molar-refractivity contribution in [2.24, 2.45) is 7.05 Å². The summed E-state index contributed by atoms with van der Waals surface area (Å²) in [6, 6.07) is 11.9. The lowest BCUT2D eigenvalue weighted by molar-refractivity contribution is -0.117. The number of carbonyl (C=O) groups excluding carboxylic acids is 2. The van der Waals surface area contributed by atoms with Gasteiger partial charge in [0.2, 0.25) is 5.91 Å². The number of nitrogens with one attached hydrogen (secondary N) is 2. The number of fused-ring (bicyclic) bond motifs is 1. The Kier molecular flexibility index (Phi) is 4.88. The normalized spacial score (nSPS) is 11.8. The zero-order valence-electron chi connectivity index (χ0n) is 14.8. The van der Waals surface area contributed by atoms with Crippen LogP contribution in [0, 0.1) is 0 Å². The fourth-order valence-corrected chi connectivity index (χ4v) is 2.68. The van der Waals surface area contributed by atoms with Crippen LogP contribution in [0.5, 0.6) is 5.75 Å². The number of hydrogen-bond donors (Lipinski definition) is 2. The number of aromatic nitrogens is 2. The van der Waals surface area contributed by atoms with E-state index in [-0.39, 0.29) is 11.8 Å². The molecule has 0 radical (unpaired) electrons. The number of anilines is 1. The van der Waals surface area contributed by atoms with Crippen LogP contribution in [0.15, 0.2) is 48.7 Å². The predicted molar refractivity (Wildman–Crippen MR) is 99.3 cm³/mol. The highest BCUT2D eigenvalue weighted by molar-refractivity contribution is 6.02. The largest absolute Gasteiger partial charge is 0.497 e. The van der Waals surface area contributed by atoms with E-state index in [1.165, 1.54) is 0 Å². The van der Waals surface area contributed by atoms with Crippen LogP contribution < -0.4 is 15.4 Å². The first-order chi connectivity index (χ1) is 12.5.